The molecule has 0 fully saturated rings. The van der Waals surface area contributed by atoms with Gasteiger partial charge in [-0.15, -0.1) is 0 Å². The first kappa shape index (κ1) is 18.8. The van der Waals surface area contributed by atoms with Crippen molar-refractivity contribution in [2.75, 3.05) is 7.05 Å². The molecule has 3 N–H and O–H groups in total. The molecule has 1 atom stereocenters. The minimum absolute atomic E-state index is 0.101. The summed E-state index contributed by atoms with van der Waals surface area (Å²) in [6.45, 7) is 2.38. The van der Waals surface area contributed by atoms with Gasteiger partial charge in [-0.05, 0) is 43.3 Å². The van der Waals surface area contributed by atoms with Crippen LogP contribution in [0.25, 0.3) is 22.3 Å². The van der Waals surface area contributed by atoms with Crippen molar-refractivity contribution < 1.29 is 19.7 Å². The molecule has 4 heterocycles. The Morgan fingerprint density at radius 2 is 2.07 bits per heavy atom. The third-order valence-corrected chi connectivity index (χ3v) is 6.14. The maximum absolute atomic E-state index is 13.3. The summed E-state index contributed by atoms with van der Waals surface area (Å²) in [6, 6.07) is 6.69. The highest BCUT2D eigenvalue weighted by atomic mass is 16.6. The number of hydrogen-bond acceptors (Lipinski definition) is 7. The van der Waals surface area contributed by atoms with Crippen molar-refractivity contribution in [3.8, 4) is 17.1 Å². The topological polar surface area (TPSA) is 114 Å². The molecule has 0 aliphatic carbocycles. The van der Waals surface area contributed by atoms with Gasteiger partial charge in [0.1, 0.15) is 12.4 Å². The van der Waals surface area contributed by atoms with Gasteiger partial charge in [-0.2, -0.15) is 0 Å². The van der Waals surface area contributed by atoms with Crippen molar-refractivity contribution >= 4 is 16.9 Å². The monoisotopic (exact) mass is 407 g/mol. The van der Waals surface area contributed by atoms with Crippen LogP contribution in [0, 0.1) is 0 Å². The number of aromatic nitrogens is 2. The fourth-order valence-electron chi connectivity index (χ4n) is 4.53. The number of aromatic hydroxyl groups is 1. The minimum Gasteiger partial charge on any atom is -0.508 e. The highest BCUT2D eigenvalue weighted by Crippen LogP contribution is 2.40. The second kappa shape index (κ2) is 6.38. The summed E-state index contributed by atoms with van der Waals surface area (Å²) < 4.78 is 6.73. The predicted octanol–water partition coefficient (Wildman–Crippen LogP) is 1.50. The maximum atomic E-state index is 13.3. The lowest BCUT2D eigenvalue weighted by Gasteiger charge is -2.31. The quantitative estimate of drug-likeness (QED) is 0.441. The zero-order valence-electron chi connectivity index (χ0n) is 16.7. The zero-order valence-corrected chi connectivity index (χ0v) is 16.7. The van der Waals surface area contributed by atoms with Crippen LogP contribution in [-0.2, 0) is 34.8 Å². The molecule has 0 spiro atoms. The van der Waals surface area contributed by atoms with Crippen molar-refractivity contribution in [3.63, 3.8) is 0 Å². The number of rotatable bonds is 3. The minimum atomic E-state index is -1.85. The smallest absolute Gasteiger partial charge is 0.343 e. The van der Waals surface area contributed by atoms with E-state index in [2.05, 4.69) is 5.32 Å². The normalized spacial score (nSPS) is 19.4. The molecule has 0 bridgehead atoms. The first-order valence-electron chi connectivity index (χ1n) is 9.85. The lowest BCUT2D eigenvalue weighted by Crippen LogP contribution is -2.44. The molecule has 1 aromatic carbocycles. The van der Waals surface area contributed by atoms with Crippen molar-refractivity contribution in [1.29, 1.82) is 0 Å². The molecular formula is C22H21N3O5. The van der Waals surface area contributed by atoms with Crippen molar-refractivity contribution in [3.05, 3.63) is 56.9 Å². The summed E-state index contributed by atoms with van der Waals surface area (Å²) in [6.07, 6.45) is 0.101. The summed E-state index contributed by atoms with van der Waals surface area (Å²) in [5.74, 6) is -0.591. The predicted molar refractivity (Wildman–Crippen MR) is 109 cm³/mol. The number of aliphatic hydroxyl groups is 1. The highest BCUT2D eigenvalue weighted by molar-refractivity contribution is 5.89. The molecule has 154 valence electrons. The van der Waals surface area contributed by atoms with Crippen molar-refractivity contribution in [2.24, 2.45) is 0 Å². The number of esters is 1. The van der Waals surface area contributed by atoms with Gasteiger partial charge in [-0.3, -0.25) is 4.79 Å². The van der Waals surface area contributed by atoms with E-state index in [1.54, 1.807) is 35.8 Å². The molecule has 0 radical (unpaired) electrons. The van der Waals surface area contributed by atoms with Gasteiger partial charge in [0.2, 0.25) is 0 Å². The standard InChI is InChI=1S/C22H21N3O5/c1-3-22(29)16-7-18-19-14(9-25(18)20(27)15(16)10-30-21(22)28)13(8-23-2)12-6-11(26)4-5-17(12)24-19/h4-7,23,26,29H,3,8-10H2,1-2H3/t22-/m0/s1. The van der Waals surface area contributed by atoms with Gasteiger partial charge in [0, 0.05) is 23.1 Å². The lowest BCUT2D eigenvalue weighted by atomic mass is 9.86. The van der Waals surface area contributed by atoms with E-state index in [4.69, 9.17) is 9.72 Å². The van der Waals surface area contributed by atoms with Gasteiger partial charge in [-0.25, -0.2) is 9.78 Å². The van der Waals surface area contributed by atoms with Gasteiger partial charge in [-0.1, -0.05) is 6.92 Å². The van der Waals surface area contributed by atoms with Gasteiger partial charge in [0.15, 0.2) is 5.60 Å². The fourth-order valence-corrected chi connectivity index (χ4v) is 4.53. The Morgan fingerprint density at radius 3 is 2.80 bits per heavy atom. The number of phenols is 1. The maximum Gasteiger partial charge on any atom is 0.343 e. The Bertz CT molecular complexity index is 1300. The van der Waals surface area contributed by atoms with E-state index in [0.717, 1.165) is 16.5 Å². The van der Waals surface area contributed by atoms with Gasteiger partial charge < -0.3 is 24.8 Å². The Kier molecular flexibility index (Phi) is 4.00. The molecule has 30 heavy (non-hydrogen) atoms. The SMILES string of the molecule is CC[C@@]1(O)C(=O)OCc2c1cc1n(c2=O)Cc2c-1nc1ccc(O)cc1c2CNC. The molecule has 0 amide bonds. The number of carbonyl (C=O) groups excluding carboxylic acids is 1. The average Bonchev–Trinajstić information content (AvgIpc) is 3.10. The number of nitrogens with zero attached hydrogens (tertiary/aromatic N) is 2. The van der Waals surface area contributed by atoms with Crippen LogP contribution in [-0.4, -0.2) is 32.8 Å². The van der Waals surface area contributed by atoms with Crippen LogP contribution in [0.1, 0.15) is 35.6 Å². The lowest BCUT2D eigenvalue weighted by molar-refractivity contribution is -0.172. The highest BCUT2D eigenvalue weighted by Gasteiger charge is 2.45. The Labute approximate surface area is 171 Å². The zero-order chi connectivity index (χ0) is 21.2. The Morgan fingerprint density at radius 1 is 1.27 bits per heavy atom. The summed E-state index contributed by atoms with van der Waals surface area (Å²) in [7, 11) is 1.83. The summed E-state index contributed by atoms with van der Waals surface area (Å²) >= 11 is 0. The first-order valence-corrected chi connectivity index (χ1v) is 9.85. The number of fused-ring (bicyclic) bond motifs is 5. The Hall–Kier alpha value is -3.23. The van der Waals surface area contributed by atoms with Crippen LogP contribution in [0.15, 0.2) is 29.1 Å². The molecule has 8 nitrogen and oxygen atoms in total. The van der Waals surface area contributed by atoms with E-state index in [1.165, 1.54) is 0 Å². The van der Waals surface area contributed by atoms with Crippen LogP contribution in [0.2, 0.25) is 0 Å². The third kappa shape index (κ3) is 2.37. The number of carbonyl (C=O) groups is 1. The molecule has 0 saturated heterocycles. The molecule has 0 saturated carbocycles. The van der Waals surface area contributed by atoms with Crippen LogP contribution < -0.4 is 10.9 Å². The fraction of sp³-hybridized carbons (Fsp3) is 0.318. The molecule has 2 aromatic heterocycles. The third-order valence-electron chi connectivity index (χ3n) is 6.14. The van der Waals surface area contributed by atoms with Crippen LogP contribution in [0.5, 0.6) is 5.75 Å². The average molecular weight is 407 g/mol. The van der Waals surface area contributed by atoms with E-state index in [9.17, 15) is 19.8 Å². The van der Waals surface area contributed by atoms with E-state index < -0.39 is 11.6 Å². The number of hydrogen-bond donors (Lipinski definition) is 3. The number of ether oxygens (including phenoxy) is 1. The molecule has 2 aliphatic rings. The van der Waals surface area contributed by atoms with E-state index in [-0.39, 0.29) is 24.3 Å². The molecule has 2 aliphatic heterocycles. The number of pyridine rings is 2. The van der Waals surface area contributed by atoms with Crippen molar-refractivity contribution in [1.82, 2.24) is 14.9 Å². The van der Waals surface area contributed by atoms with Crippen LogP contribution in [0.3, 0.4) is 0 Å². The summed E-state index contributed by atoms with van der Waals surface area (Å²) in [4.78, 5) is 30.3. The molecule has 8 heteroatoms. The molecule has 0 unspecified atom stereocenters. The molecular weight excluding hydrogens is 386 g/mol. The first-order chi connectivity index (χ1) is 14.4. The largest absolute Gasteiger partial charge is 0.508 e. The second-order valence-electron chi connectivity index (χ2n) is 7.75. The van der Waals surface area contributed by atoms with Crippen LogP contribution in [0.4, 0.5) is 0 Å². The van der Waals surface area contributed by atoms with E-state index in [0.29, 0.717) is 41.1 Å². The molecule has 3 aromatic rings. The number of cyclic esters (lactones) is 1. The second-order valence-corrected chi connectivity index (χ2v) is 7.75. The summed E-state index contributed by atoms with van der Waals surface area (Å²) in [5.41, 5.74) is 2.21. The summed E-state index contributed by atoms with van der Waals surface area (Å²) in [5, 5.41) is 24.9. The number of nitrogens with one attached hydrogen (secondary N) is 1. The van der Waals surface area contributed by atoms with Gasteiger partial charge in [0.25, 0.3) is 5.56 Å². The van der Waals surface area contributed by atoms with Crippen molar-refractivity contribution in [2.45, 2.75) is 38.6 Å². The van der Waals surface area contributed by atoms with E-state index >= 15 is 0 Å². The molecule has 5 rings (SSSR count). The van der Waals surface area contributed by atoms with E-state index in [1.807, 2.05) is 7.05 Å². The Balaban J connectivity index is 1.83. The number of benzene rings is 1. The van der Waals surface area contributed by atoms with Gasteiger partial charge >= 0.3 is 5.97 Å². The van der Waals surface area contributed by atoms with Gasteiger partial charge in [0.05, 0.1) is 29.0 Å². The number of phenolic OH excluding ortho intramolecular Hbond substituents is 1. The van der Waals surface area contributed by atoms with Crippen LogP contribution >= 0.6 is 0 Å².